The quantitative estimate of drug-likeness (QED) is 0.677. The third-order valence-corrected chi connectivity index (χ3v) is 3.22. The van der Waals surface area contributed by atoms with Gasteiger partial charge in [0.1, 0.15) is 12.4 Å². The topological polar surface area (TPSA) is 79.5 Å². The average Bonchev–Trinajstić information content (AvgIpc) is 2.59. The van der Waals surface area contributed by atoms with E-state index in [1.165, 1.54) is 0 Å². The van der Waals surface area contributed by atoms with Gasteiger partial charge in [0.05, 0.1) is 6.54 Å². The van der Waals surface area contributed by atoms with E-state index in [1.807, 2.05) is 44.2 Å². The SMILES string of the molecule is CC(C)NC(=O)Nc1ccc(C(=O)NCCOc2ccccc2)cc1. The first-order valence-corrected chi connectivity index (χ1v) is 8.18. The lowest BCUT2D eigenvalue weighted by Crippen LogP contribution is -2.34. The van der Waals surface area contributed by atoms with Gasteiger partial charge in [0.25, 0.3) is 5.91 Å². The molecule has 0 aliphatic carbocycles. The van der Waals surface area contributed by atoms with E-state index < -0.39 is 0 Å². The molecule has 6 heteroatoms. The predicted octanol–water partition coefficient (Wildman–Crippen LogP) is 3.03. The molecule has 3 amide bonds. The number of amides is 3. The third kappa shape index (κ3) is 6.55. The van der Waals surface area contributed by atoms with Crippen molar-refractivity contribution >= 4 is 17.6 Å². The Labute approximate surface area is 147 Å². The zero-order chi connectivity index (χ0) is 18.1. The van der Waals surface area contributed by atoms with Crippen molar-refractivity contribution in [2.24, 2.45) is 0 Å². The summed E-state index contributed by atoms with van der Waals surface area (Å²) in [5, 5.41) is 8.23. The highest BCUT2D eigenvalue weighted by Crippen LogP contribution is 2.10. The summed E-state index contributed by atoms with van der Waals surface area (Å²) in [7, 11) is 0. The van der Waals surface area contributed by atoms with Crippen molar-refractivity contribution in [2.45, 2.75) is 19.9 Å². The molecule has 0 unspecified atom stereocenters. The monoisotopic (exact) mass is 341 g/mol. The summed E-state index contributed by atoms with van der Waals surface area (Å²) in [4.78, 5) is 23.7. The molecule has 0 aliphatic rings. The molecule has 2 aromatic rings. The number of anilines is 1. The van der Waals surface area contributed by atoms with Gasteiger partial charge < -0.3 is 20.7 Å². The summed E-state index contributed by atoms with van der Waals surface area (Å²) < 4.78 is 5.52. The number of ether oxygens (including phenoxy) is 1. The molecular weight excluding hydrogens is 318 g/mol. The van der Waals surface area contributed by atoms with E-state index in [9.17, 15) is 9.59 Å². The fraction of sp³-hybridized carbons (Fsp3) is 0.263. The van der Waals surface area contributed by atoms with E-state index >= 15 is 0 Å². The minimum atomic E-state index is -0.273. The Kier molecular flexibility index (Phi) is 6.83. The zero-order valence-corrected chi connectivity index (χ0v) is 14.4. The van der Waals surface area contributed by atoms with Gasteiger partial charge in [-0.05, 0) is 50.2 Å². The maximum atomic E-state index is 12.1. The molecule has 0 bridgehead atoms. The van der Waals surface area contributed by atoms with Gasteiger partial charge in [-0.1, -0.05) is 18.2 Å². The molecule has 132 valence electrons. The second-order valence-electron chi connectivity index (χ2n) is 5.75. The van der Waals surface area contributed by atoms with Crippen LogP contribution in [-0.2, 0) is 0 Å². The molecule has 0 heterocycles. The highest BCUT2D eigenvalue weighted by Gasteiger charge is 2.07. The number of para-hydroxylation sites is 1. The molecule has 0 aliphatic heterocycles. The molecule has 0 saturated carbocycles. The molecule has 0 radical (unpaired) electrons. The molecule has 0 saturated heterocycles. The first kappa shape index (κ1) is 18.3. The Balaban J connectivity index is 1.75. The summed E-state index contributed by atoms with van der Waals surface area (Å²) in [5.74, 6) is 0.585. The van der Waals surface area contributed by atoms with Gasteiger partial charge in [-0.15, -0.1) is 0 Å². The first-order chi connectivity index (χ1) is 12.0. The highest BCUT2D eigenvalue weighted by atomic mass is 16.5. The van der Waals surface area contributed by atoms with Crippen LogP contribution in [0, 0.1) is 0 Å². The van der Waals surface area contributed by atoms with E-state index in [0.29, 0.717) is 24.4 Å². The normalized spacial score (nSPS) is 10.2. The maximum Gasteiger partial charge on any atom is 0.319 e. The van der Waals surface area contributed by atoms with Crippen molar-refractivity contribution in [3.63, 3.8) is 0 Å². The first-order valence-electron chi connectivity index (χ1n) is 8.18. The number of hydrogen-bond acceptors (Lipinski definition) is 3. The number of urea groups is 1. The van der Waals surface area contributed by atoms with Gasteiger partial charge in [0, 0.05) is 17.3 Å². The number of hydrogen-bond donors (Lipinski definition) is 3. The summed E-state index contributed by atoms with van der Waals surface area (Å²) in [6.07, 6.45) is 0. The Hall–Kier alpha value is -3.02. The Morgan fingerprint density at radius 2 is 1.68 bits per heavy atom. The molecule has 0 fully saturated rings. The molecule has 2 rings (SSSR count). The van der Waals surface area contributed by atoms with E-state index in [0.717, 1.165) is 5.75 Å². The van der Waals surface area contributed by atoms with Crippen LogP contribution in [0.2, 0.25) is 0 Å². The van der Waals surface area contributed by atoms with Crippen LogP contribution in [-0.4, -0.2) is 31.1 Å². The van der Waals surface area contributed by atoms with E-state index in [-0.39, 0.29) is 18.0 Å². The summed E-state index contributed by atoms with van der Waals surface area (Å²) in [5.41, 5.74) is 1.15. The molecule has 2 aromatic carbocycles. The van der Waals surface area contributed by atoms with Gasteiger partial charge in [-0.3, -0.25) is 4.79 Å². The summed E-state index contributed by atoms with van der Waals surface area (Å²) >= 11 is 0. The lowest BCUT2D eigenvalue weighted by atomic mass is 10.2. The smallest absolute Gasteiger partial charge is 0.319 e. The predicted molar refractivity (Wildman–Crippen MR) is 98.0 cm³/mol. The van der Waals surface area contributed by atoms with Gasteiger partial charge in [-0.2, -0.15) is 0 Å². The van der Waals surface area contributed by atoms with Gasteiger partial charge in [-0.25, -0.2) is 4.79 Å². The third-order valence-electron chi connectivity index (χ3n) is 3.22. The Morgan fingerprint density at radius 3 is 2.32 bits per heavy atom. The maximum absolute atomic E-state index is 12.1. The van der Waals surface area contributed by atoms with Gasteiger partial charge in [0.15, 0.2) is 0 Å². The van der Waals surface area contributed by atoms with Crippen LogP contribution < -0.4 is 20.7 Å². The number of carbonyl (C=O) groups excluding carboxylic acids is 2. The van der Waals surface area contributed by atoms with E-state index in [1.54, 1.807) is 24.3 Å². The number of carbonyl (C=O) groups is 2. The van der Waals surface area contributed by atoms with Crippen LogP contribution in [0.5, 0.6) is 5.75 Å². The Bertz CT molecular complexity index is 685. The van der Waals surface area contributed by atoms with Crippen molar-refractivity contribution in [1.29, 1.82) is 0 Å². The molecule has 6 nitrogen and oxygen atoms in total. The van der Waals surface area contributed by atoms with Crippen molar-refractivity contribution in [3.8, 4) is 5.75 Å². The second-order valence-corrected chi connectivity index (χ2v) is 5.75. The number of nitrogens with one attached hydrogen (secondary N) is 3. The fourth-order valence-corrected chi connectivity index (χ4v) is 2.09. The lowest BCUT2D eigenvalue weighted by molar-refractivity contribution is 0.0947. The molecule has 0 aromatic heterocycles. The van der Waals surface area contributed by atoms with Gasteiger partial charge >= 0.3 is 6.03 Å². The molecule has 25 heavy (non-hydrogen) atoms. The van der Waals surface area contributed by atoms with Crippen LogP contribution >= 0.6 is 0 Å². The number of benzene rings is 2. The standard InChI is InChI=1S/C19H23N3O3/c1-14(2)21-19(24)22-16-10-8-15(9-11-16)18(23)20-12-13-25-17-6-4-3-5-7-17/h3-11,14H,12-13H2,1-2H3,(H,20,23)(H2,21,22,24). The zero-order valence-electron chi connectivity index (χ0n) is 14.4. The van der Waals surface area contributed by atoms with E-state index in [4.69, 9.17) is 4.74 Å². The minimum absolute atomic E-state index is 0.0585. The van der Waals surface area contributed by atoms with Crippen LogP contribution in [0.25, 0.3) is 0 Å². The average molecular weight is 341 g/mol. The summed E-state index contributed by atoms with van der Waals surface area (Å²) in [6.45, 7) is 4.57. The second kappa shape index (κ2) is 9.32. The summed E-state index contributed by atoms with van der Waals surface area (Å²) in [6, 6.07) is 15.9. The molecular formula is C19H23N3O3. The lowest BCUT2D eigenvalue weighted by Gasteiger charge is -2.11. The van der Waals surface area contributed by atoms with Crippen molar-refractivity contribution in [3.05, 3.63) is 60.2 Å². The van der Waals surface area contributed by atoms with Crippen LogP contribution in [0.15, 0.2) is 54.6 Å². The molecule has 3 N–H and O–H groups in total. The molecule has 0 atom stereocenters. The van der Waals surface area contributed by atoms with Crippen LogP contribution in [0.1, 0.15) is 24.2 Å². The molecule has 0 spiro atoms. The van der Waals surface area contributed by atoms with Crippen LogP contribution in [0.3, 0.4) is 0 Å². The number of rotatable bonds is 7. The fourth-order valence-electron chi connectivity index (χ4n) is 2.09. The Morgan fingerprint density at radius 1 is 1.00 bits per heavy atom. The van der Waals surface area contributed by atoms with Crippen molar-refractivity contribution in [1.82, 2.24) is 10.6 Å². The van der Waals surface area contributed by atoms with Crippen LogP contribution in [0.4, 0.5) is 10.5 Å². The van der Waals surface area contributed by atoms with Crippen molar-refractivity contribution in [2.75, 3.05) is 18.5 Å². The highest BCUT2D eigenvalue weighted by molar-refractivity contribution is 5.95. The van der Waals surface area contributed by atoms with Crippen molar-refractivity contribution < 1.29 is 14.3 Å². The minimum Gasteiger partial charge on any atom is -0.492 e. The van der Waals surface area contributed by atoms with Gasteiger partial charge in [0.2, 0.25) is 0 Å². The largest absolute Gasteiger partial charge is 0.492 e. The van der Waals surface area contributed by atoms with E-state index in [2.05, 4.69) is 16.0 Å².